The summed E-state index contributed by atoms with van der Waals surface area (Å²) in [5, 5.41) is 3.00. The number of carbonyl (C=O) groups is 1. The molecule has 4 heteroatoms. The van der Waals surface area contributed by atoms with E-state index in [-0.39, 0.29) is 18.3 Å². The van der Waals surface area contributed by atoms with Crippen molar-refractivity contribution in [2.24, 2.45) is 5.92 Å². The van der Waals surface area contributed by atoms with Crippen LogP contribution in [-0.2, 0) is 0 Å². The fraction of sp³-hybridized carbons (Fsp3) is 0.588. The second-order valence-corrected chi connectivity index (χ2v) is 5.98. The Kier molecular flexibility index (Phi) is 7.58. The van der Waals surface area contributed by atoms with Gasteiger partial charge in [0.15, 0.2) is 0 Å². The van der Waals surface area contributed by atoms with Crippen LogP contribution in [0.4, 0.5) is 5.69 Å². The fourth-order valence-corrected chi connectivity index (χ4v) is 3.04. The van der Waals surface area contributed by atoms with E-state index >= 15 is 0 Å². The van der Waals surface area contributed by atoms with Crippen LogP contribution < -0.4 is 11.1 Å². The highest BCUT2D eigenvalue weighted by Gasteiger charge is 2.14. The zero-order valence-corrected chi connectivity index (χ0v) is 13.7. The van der Waals surface area contributed by atoms with E-state index in [4.69, 9.17) is 5.73 Å². The predicted octanol–water partition coefficient (Wildman–Crippen LogP) is 4.09. The van der Waals surface area contributed by atoms with E-state index in [1.54, 1.807) is 6.07 Å². The molecule has 1 aliphatic rings. The van der Waals surface area contributed by atoms with E-state index in [1.807, 2.05) is 19.1 Å². The van der Waals surface area contributed by atoms with Gasteiger partial charge in [0.1, 0.15) is 0 Å². The molecule has 0 saturated heterocycles. The number of amides is 1. The van der Waals surface area contributed by atoms with Crippen LogP contribution in [0.25, 0.3) is 0 Å². The Hall–Kier alpha value is -1.22. The van der Waals surface area contributed by atoms with Crippen LogP contribution in [-0.4, -0.2) is 12.5 Å². The molecule has 1 aromatic rings. The number of carbonyl (C=O) groups excluding carboxylic acids is 1. The molecule has 0 bridgehead atoms. The van der Waals surface area contributed by atoms with Gasteiger partial charge in [-0.3, -0.25) is 4.79 Å². The molecule has 21 heavy (non-hydrogen) atoms. The van der Waals surface area contributed by atoms with Crippen molar-refractivity contribution in [3.8, 4) is 0 Å². The summed E-state index contributed by atoms with van der Waals surface area (Å²) in [6, 6.07) is 5.47. The number of aryl methyl sites for hydroxylation is 1. The zero-order valence-electron chi connectivity index (χ0n) is 12.9. The van der Waals surface area contributed by atoms with Crippen LogP contribution in [0.2, 0.25) is 0 Å². The minimum atomic E-state index is -0.00401. The Balaban J connectivity index is 0.00000220. The number of nitrogen functional groups attached to an aromatic ring is 1. The minimum absolute atomic E-state index is 0. The Labute approximate surface area is 134 Å². The van der Waals surface area contributed by atoms with Gasteiger partial charge in [-0.15, -0.1) is 12.4 Å². The lowest BCUT2D eigenvalue weighted by Crippen LogP contribution is -2.25. The molecule has 1 aromatic carbocycles. The van der Waals surface area contributed by atoms with Gasteiger partial charge < -0.3 is 11.1 Å². The third kappa shape index (κ3) is 5.58. The van der Waals surface area contributed by atoms with Crippen LogP contribution in [0.1, 0.15) is 60.9 Å². The number of halogens is 1. The van der Waals surface area contributed by atoms with Crippen LogP contribution in [0.15, 0.2) is 18.2 Å². The summed E-state index contributed by atoms with van der Waals surface area (Å²) < 4.78 is 0. The molecule has 2 rings (SSSR count). The van der Waals surface area contributed by atoms with Crippen LogP contribution in [0.3, 0.4) is 0 Å². The average Bonchev–Trinajstić information content (AvgIpc) is 2.94. The molecule has 0 atom stereocenters. The Morgan fingerprint density at radius 1 is 1.29 bits per heavy atom. The van der Waals surface area contributed by atoms with Gasteiger partial charge in [-0.05, 0) is 37.0 Å². The average molecular weight is 311 g/mol. The number of hydrogen-bond donors (Lipinski definition) is 2. The highest BCUT2D eigenvalue weighted by Crippen LogP contribution is 2.28. The van der Waals surface area contributed by atoms with Crippen molar-refractivity contribution in [2.75, 3.05) is 12.3 Å². The van der Waals surface area contributed by atoms with Crippen LogP contribution in [0, 0.1) is 12.8 Å². The first-order chi connectivity index (χ1) is 9.66. The largest absolute Gasteiger partial charge is 0.399 e. The molecule has 0 unspecified atom stereocenters. The summed E-state index contributed by atoms with van der Waals surface area (Å²) >= 11 is 0. The van der Waals surface area contributed by atoms with Crippen molar-refractivity contribution in [3.63, 3.8) is 0 Å². The Bertz CT molecular complexity index is 456. The van der Waals surface area contributed by atoms with Crippen LogP contribution in [0.5, 0.6) is 0 Å². The molecule has 118 valence electrons. The van der Waals surface area contributed by atoms with Crippen LogP contribution >= 0.6 is 12.4 Å². The van der Waals surface area contributed by atoms with Crippen molar-refractivity contribution in [2.45, 2.75) is 51.9 Å². The molecular weight excluding hydrogens is 284 g/mol. The smallest absolute Gasteiger partial charge is 0.251 e. The summed E-state index contributed by atoms with van der Waals surface area (Å²) in [5.74, 6) is 0.942. The highest BCUT2D eigenvalue weighted by atomic mass is 35.5. The van der Waals surface area contributed by atoms with Gasteiger partial charge in [0, 0.05) is 17.8 Å². The molecule has 1 amide bonds. The third-order valence-electron chi connectivity index (χ3n) is 4.31. The normalized spacial score (nSPS) is 14.7. The van der Waals surface area contributed by atoms with Crippen molar-refractivity contribution in [1.29, 1.82) is 0 Å². The molecule has 0 radical (unpaired) electrons. The zero-order chi connectivity index (χ0) is 14.4. The molecule has 1 aliphatic carbocycles. The number of anilines is 1. The molecule has 3 N–H and O–H groups in total. The number of hydrogen-bond acceptors (Lipinski definition) is 2. The summed E-state index contributed by atoms with van der Waals surface area (Å²) in [7, 11) is 0. The predicted molar refractivity (Wildman–Crippen MR) is 91.0 cm³/mol. The summed E-state index contributed by atoms with van der Waals surface area (Å²) in [6.45, 7) is 2.70. The first-order valence-corrected chi connectivity index (χ1v) is 7.81. The fourth-order valence-electron chi connectivity index (χ4n) is 3.04. The maximum absolute atomic E-state index is 12.1. The second-order valence-electron chi connectivity index (χ2n) is 5.98. The molecule has 0 aliphatic heterocycles. The summed E-state index contributed by atoms with van der Waals surface area (Å²) in [6.07, 6.45) is 9.27. The molecule has 0 aromatic heterocycles. The standard InChI is InChI=1S/C17H26N2O.ClH/c1-13-9-10-15(18)12-16(13)17(20)19-11-5-4-8-14-6-2-3-7-14;/h9-10,12,14H,2-8,11,18H2,1H3,(H,19,20);1H. The van der Waals surface area contributed by atoms with Crippen molar-refractivity contribution in [3.05, 3.63) is 29.3 Å². The molecule has 1 fully saturated rings. The molecular formula is C17H27ClN2O. The van der Waals surface area contributed by atoms with E-state index in [0.29, 0.717) is 11.3 Å². The maximum Gasteiger partial charge on any atom is 0.251 e. The number of unbranched alkanes of at least 4 members (excludes halogenated alkanes) is 1. The van der Waals surface area contributed by atoms with Gasteiger partial charge in [-0.2, -0.15) is 0 Å². The van der Waals surface area contributed by atoms with Crippen molar-refractivity contribution >= 4 is 24.0 Å². The lowest BCUT2D eigenvalue weighted by Gasteiger charge is -2.10. The van der Waals surface area contributed by atoms with Crippen molar-refractivity contribution in [1.82, 2.24) is 5.32 Å². The first kappa shape index (κ1) is 17.8. The van der Waals surface area contributed by atoms with Crippen molar-refractivity contribution < 1.29 is 4.79 Å². The van der Waals surface area contributed by atoms with Gasteiger partial charge in [0.25, 0.3) is 5.91 Å². The molecule has 0 heterocycles. The van der Waals surface area contributed by atoms with Gasteiger partial charge in [-0.25, -0.2) is 0 Å². The Morgan fingerprint density at radius 3 is 2.71 bits per heavy atom. The van der Waals surface area contributed by atoms with Gasteiger partial charge in [-0.1, -0.05) is 44.6 Å². The number of benzene rings is 1. The molecule has 1 saturated carbocycles. The van der Waals surface area contributed by atoms with E-state index in [0.717, 1.165) is 24.4 Å². The maximum atomic E-state index is 12.1. The highest BCUT2D eigenvalue weighted by molar-refractivity contribution is 5.96. The molecule has 0 spiro atoms. The monoisotopic (exact) mass is 310 g/mol. The SMILES string of the molecule is Cc1ccc(N)cc1C(=O)NCCCCC1CCCC1.Cl. The third-order valence-corrected chi connectivity index (χ3v) is 4.31. The Morgan fingerprint density at radius 2 is 2.00 bits per heavy atom. The van der Waals surface area contributed by atoms with E-state index < -0.39 is 0 Å². The van der Waals surface area contributed by atoms with E-state index in [1.165, 1.54) is 38.5 Å². The van der Waals surface area contributed by atoms with E-state index in [9.17, 15) is 4.79 Å². The van der Waals surface area contributed by atoms with Gasteiger partial charge in [0.05, 0.1) is 0 Å². The second kappa shape index (κ2) is 8.93. The number of rotatable bonds is 6. The number of nitrogens with two attached hydrogens (primary N) is 1. The first-order valence-electron chi connectivity index (χ1n) is 7.81. The summed E-state index contributed by atoms with van der Waals surface area (Å²) in [5.41, 5.74) is 8.04. The van der Waals surface area contributed by atoms with Gasteiger partial charge in [0.2, 0.25) is 0 Å². The van der Waals surface area contributed by atoms with Gasteiger partial charge >= 0.3 is 0 Å². The molecule has 3 nitrogen and oxygen atoms in total. The minimum Gasteiger partial charge on any atom is -0.399 e. The lowest BCUT2D eigenvalue weighted by atomic mass is 10.0. The lowest BCUT2D eigenvalue weighted by molar-refractivity contribution is 0.0952. The topological polar surface area (TPSA) is 55.1 Å². The summed E-state index contributed by atoms with van der Waals surface area (Å²) in [4.78, 5) is 12.1. The van der Waals surface area contributed by atoms with E-state index in [2.05, 4.69) is 5.32 Å². The number of nitrogens with one attached hydrogen (secondary N) is 1. The quantitative estimate of drug-likeness (QED) is 0.614.